The van der Waals surface area contributed by atoms with Crippen molar-refractivity contribution in [2.24, 2.45) is 11.8 Å². The fraction of sp³-hybridized carbons (Fsp3) is 0.226. The smallest absolute Gasteiger partial charge is 0.323 e. The average Bonchev–Trinajstić information content (AvgIpc) is 3.53. The molecule has 2 unspecified atom stereocenters. The van der Waals surface area contributed by atoms with E-state index in [-0.39, 0.29) is 40.7 Å². The van der Waals surface area contributed by atoms with Gasteiger partial charge in [-0.15, -0.1) is 0 Å². The standard InChI is InChI=1S/C31H27F2N5O5/c32-20-3-6-22(7-4-20)38-11-1-2-25(30(38)41)29(40)35-21-5-8-27(26(33)14-21)43-24-9-10-34-28(15-24)36-31(42)37-16-18-12-23(39)13-19(18)17-37/h1-11,14-15,18-19,23,39H,12-13,16-17H2,(H,35,40)(H,34,36,42)/t18-,19?,23?/m0/s1. The molecule has 0 bridgehead atoms. The van der Waals surface area contributed by atoms with Crippen LogP contribution in [0.4, 0.5) is 25.1 Å². The Hall–Kier alpha value is -5.10. The summed E-state index contributed by atoms with van der Waals surface area (Å²) in [5.41, 5.74) is -0.337. The van der Waals surface area contributed by atoms with Crippen LogP contribution < -0.4 is 20.9 Å². The van der Waals surface area contributed by atoms with E-state index in [0.717, 1.165) is 6.07 Å². The number of nitrogens with one attached hydrogen (secondary N) is 2. The predicted molar refractivity (Wildman–Crippen MR) is 153 cm³/mol. The van der Waals surface area contributed by atoms with Crippen LogP contribution in [0.15, 0.2) is 83.9 Å². The topological polar surface area (TPSA) is 126 Å². The summed E-state index contributed by atoms with van der Waals surface area (Å²) in [6, 6.07) is 14.5. The van der Waals surface area contributed by atoms with Crippen LogP contribution >= 0.6 is 0 Å². The van der Waals surface area contributed by atoms with Gasteiger partial charge in [0.2, 0.25) is 0 Å². The highest BCUT2D eigenvalue weighted by atomic mass is 19.1. The van der Waals surface area contributed by atoms with E-state index in [0.29, 0.717) is 43.5 Å². The maximum Gasteiger partial charge on any atom is 0.323 e. The minimum absolute atomic E-state index is 0.0945. The van der Waals surface area contributed by atoms with Crippen molar-refractivity contribution in [1.29, 1.82) is 0 Å². The Kier molecular flexibility index (Phi) is 7.59. The Balaban J connectivity index is 1.09. The number of anilines is 2. The number of ether oxygens (including phenoxy) is 1. The second kappa shape index (κ2) is 11.6. The van der Waals surface area contributed by atoms with Crippen molar-refractivity contribution in [2.75, 3.05) is 23.7 Å². The van der Waals surface area contributed by atoms with Crippen molar-refractivity contribution in [3.63, 3.8) is 0 Å². The highest BCUT2D eigenvalue weighted by Crippen LogP contribution is 2.38. The SMILES string of the molecule is O=C(Nc1ccc(Oc2ccnc(NC(=O)N3CC4CC(O)C[C@H]4C3)c2)c(F)c1)c1cccn(-c2ccc(F)cc2)c1=O. The van der Waals surface area contributed by atoms with E-state index < -0.39 is 23.1 Å². The number of hydrogen-bond donors (Lipinski definition) is 3. The molecule has 0 radical (unpaired) electrons. The lowest BCUT2D eigenvalue weighted by Gasteiger charge is -2.18. The van der Waals surface area contributed by atoms with Crippen LogP contribution in [-0.4, -0.2) is 50.7 Å². The zero-order valence-corrected chi connectivity index (χ0v) is 22.7. The van der Waals surface area contributed by atoms with Gasteiger partial charge in [0.15, 0.2) is 11.6 Å². The molecule has 2 fully saturated rings. The number of amides is 3. The van der Waals surface area contributed by atoms with Crippen LogP contribution in [0.25, 0.3) is 5.69 Å². The summed E-state index contributed by atoms with van der Waals surface area (Å²) in [5.74, 6) is -1.06. The second-order valence-electron chi connectivity index (χ2n) is 10.6. The van der Waals surface area contributed by atoms with Gasteiger partial charge < -0.3 is 20.1 Å². The molecule has 3 amide bonds. The molecule has 12 heteroatoms. The molecule has 3 N–H and O–H groups in total. The maximum absolute atomic E-state index is 15.0. The second-order valence-corrected chi connectivity index (χ2v) is 10.6. The van der Waals surface area contributed by atoms with E-state index in [1.165, 1.54) is 77.6 Å². The number of fused-ring (bicyclic) bond motifs is 1. The zero-order valence-electron chi connectivity index (χ0n) is 22.7. The van der Waals surface area contributed by atoms with Gasteiger partial charge in [-0.3, -0.25) is 19.5 Å². The molecule has 3 atom stereocenters. The first-order chi connectivity index (χ1) is 20.7. The van der Waals surface area contributed by atoms with Crippen molar-refractivity contribution in [3.05, 3.63) is 107 Å². The number of urea groups is 1. The minimum Gasteiger partial charge on any atom is -0.454 e. The summed E-state index contributed by atoms with van der Waals surface area (Å²) in [7, 11) is 0. The van der Waals surface area contributed by atoms with Gasteiger partial charge >= 0.3 is 6.03 Å². The molecule has 6 rings (SSSR count). The number of pyridine rings is 2. The molecule has 2 aromatic heterocycles. The number of aliphatic hydroxyl groups excluding tert-OH is 1. The van der Waals surface area contributed by atoms with Gasteiger partial charge in [-0.2, -0.15) is 0 Å². The molecule has 2 aromatic carbocycles. The van der Waals surface area contributed by atoms with Gasteiger partial charge in [-0.05, 0) is 79.3 Å². The molecule has 1 aliphatic carbocycles. The molecule has 0 spiro atoms. The molecular weight excluding hydrogens is 560 g/mol. The zero-order chi connectivity index (χ0) is 30.1. The number of hydrogen-bond acceptors (Lipinski definition) is 6. The first kappa shape index (κ1) is 28.0. The van der Waals surface area contributed by atoms with Gasteiger partial charge in [-0.25, -0.2) is 18.6 Å². The molecule has 220 valence electrons. The van der Waals surface area contributed by atoms with Crippen LogP contribution in [0.2, 0.25) is 0 Å². The van der Waals surface area contributed by atoms with Crippen molar-refractivity contribution < 1.29 is 28.2 Å². The van der Waals surface area contributed by atoms with E-state index in [1.54, 1.807) is 4.90 Å². The lowest BCUT2D eigenvalue weighted by molar-refractivity contribution is 0.102. The number of aromatic nitrogens is 2. The Bertz CT molecular complexity index is 1730. The van der Waals surface area contributed by atoms with Gasteiger partial charge in [0, 0.05) is 49.0 Å². The van der Waals surface area contributed by atoms with Crippen molar-refractivity contribution >= 4 is 23.4 Å². The molecule has 10 nitrogen and oxygen atoms in total. The fourth-order valence-electron chi connectivity index (χ4n) is 5.62. The summed E-state index contributed by atoms with van der Waals surface area (Å²) in [4.78, 5) is 44.4. The number of nitrogens with zero attached hydrogens (tertiary/aromatic N) is 3. The third-order valence-corrected chi connectivity index (χ3v) is 7.69. The van der Waals surface area contributed by atoms with Gasteiger partial charge in [0.05, 0.1) is 6.10 Å². The van der Waals surface area contributed by atoms with Gasteiger partial charge in [0.1, 0.15) is 22.9 Å². The number of rotatable bonds is 6. The van der Waals surface area contributed by atoms with Crippen molar-refractivity contribution in [1.82, 2.24) is 14.5 Å². The van der Waals surface area contributed by atoms with Gasteiger partial charge in [0.25, 0.3) is 11.5 Å². The lowest BCUT2D eigenvalue weighted by Crippen LogP contribution is -2.34. The number of likely N-dealkylation sites (tertiary alicyclic amines) is 1. The van der Waals surface area contributed by atoms with Crippen LogP contribution in [0.3, 0.4) is 0 Å². The Labute approximate surface area is 244 Å². The molecule has 3 heterocycles. The van der Waals surface area contributed by atoms with Crippen LogP contribution in [0.5, 0.6) is 11.5 Å². The Morgan fingerprint density at radius 2 is 1.70 bits per heavy atom. The molecule has 1 saturated heterocycles. The monoisotopic (exact) mass is 587 g/mol. The minimum atomic E-state index is -0.775. The number of carbonyl (C=O) groups excluding carboxylic acids is 2. The third-order valence-electron chi connectivity index (χ3n) is 7.69. The number of carbonyl (C=O) groups is 2. The number of halogens is 2. The molecule has 1 saturated carbocycles. The van der Waals surface area contributed by atoms with Crippen molar-refractivity contribution in [2.45, 2.75) is 18.9 Å². The molecule has 1 aliphatic heterocycles. The van der Waals surface area contributed by atoms with E-state index in [9.17, 15) is 28.3 Å². The van der Waals surface area contributed by atoms with Crippen molar-refractivity contribution in [3.8, 4) is 17.2 Å². The fourth-order valence-corrected chi connectivity index (χ4v) is 5.62. The predicted octanol–water partition coefficient (Wildman–Crippen LogP) is 4.79. The Morgan fingerprint density at radius 3 is 2.42 bits per heavy atom. The van der Waals surface area contributed by atoms with Gasteiger partial charge in [-0.1, -0.05) is 0 Å². The van der Waals surface area contributed by atoms with E-state index in [4.69, 9.17) is 4.74 Å². The van der Waals surface area contributed by atoms with E-state index in [1.807, 2.05) is 0 Å². The summed E-state index contributed by atoms with van der Waals surface area (Å²) in [6.45, 7) is 1.15. The molecule has 43 heavy (non-hydrogen) atoms. The maximum atomic E-state index is 15.0. The van der Waals surface area contributed by atoms with Crippen LogP contribution in [-0.2, 0) is 0 Å². The van der Waals surface area contributed by atoms with E-state index in [2.05, 4.69) is 15.6 Å². The quantitative estimate of drug-likeness (QED) is 0.298. The lowest BCUT2D eigenvalue weighted by atomic mass is 10.0. The first-order valence-corrected chi connectivity index (χ1v) is 13.7. The normalized spacial score (nSPS) is 19.1. The largest absolute Gasteiger partial charge is 0.454 e. The van der Waals surface area contributed by atoms with Crippen LogP contribution in [0, 0.1) is 23.5 Å². The summed E-state index contributed by atoms with van der Waals surface area (Å²) in [6.07, 6.45) is 3.99. The molecule has 2 aliphatic rings. The molecular formula is C31H27F2N5O5. The summed E-state index contributed by atoms with van der Waals surface area (Å²) in [5, 5.41) is 15.1. The number of aliphatic hydroxyl groups is 1. The highest BCUT2D eigenvalue weighted by Gasteiger charge is 2.41. The Morgan fingerprint density at radius 1 is 0.953 bits per heavy atom. The number of benzene rings is 2. The van der Waals surface area contributed by atoms with E-state index >= 15 is 0 Å². The first-order valence-electron chi connectivity index (χ1n) is 13.7. The summed E-state index contributed by atoms with van der Waals surface area (Å²) >= 11 is 0. The summed E-state index contributed by atoms with van der Waals surface area (Å²) < 4.78 is 35.1. The highest BCUT2D eigenvalue weighted by molar-refractivity contribution is 6.04. The van der Waals surface area contributed by atoms with Crippen LogP contribution in [0.1, 0.15) is 23.2 Å². The third kappa shape index (κ3) is 6.09. The average molecular weight is 588 g/mol. The molecule has 4 aromatic rings.